The van der Waals surface area contributed by atoms with E-state index in [1.807, 2.05) is 6.92 Å². The number of carbonyl (C=O) groups is 3. The third kappa shape index (κ3) is 3.64. The third-order valence-corrected chi connectivity index (χ3v) is 4.45. The van der Waals surface area contributed by atoms with Gasteiger partial charge in [0.2, 0.25) is 5.91 Å². The SMILES string of the molecule is CC(=O)SCC1CC(=O)N(c2ccc(C)cc2C(=O)O)C1. The summed E-state index contributed by atoms with van der Waals surface area (Å²) in [5.74, 6) is -0.459. The van der Waals surface area contributed by atoms with E-state index in [-0.39, 0.29) is 22.5 Å². The van der Waals surface area contributed by atoms with Crippen LogP contribution in [0.2, 0.25) is 0 Å². The first kappa shape index (κ1) is 15.6. The van der Waals surface area contributed by atoms with Crippen LogP contribution in [0.25, 0.3) is 0 Å². The lowest BCUT2D eigenvalue weighted by molar-refractivity contribution is -0.117. The highest BCUT2D eigenvalue weighted by Crippen LogP contribution is 2.30. The molecule has 6 heteroatoms. The van der Waals surface area contributed by atoms with Gasteiger partial charge >= 0.3 is 5.97 Å². The van der Waals surface area contributed by atoms with Crippen LogP contribution in [0.3, 0.4) is 0 Å². The lowest BCUT2D eigenvalue weighted by Crippen LogP contribution is -2.26. The van der Waals surface area contributed by atoms with Crippen LogP contribution in [-0.4, -0.2) is 34.4 Å². The summed E-state index contributed by atoms with van der Waals surface area (Å²) in [6, 6.07) is 5.05. The van der Waals surface area contributed by atoms with Gasteiger partial charge in [-0.25, -0.2) is 4.79 Å². The van der Waals surface area contributed by atoms with E-state index in [1.54, 1.807) is 18.2 Å². The molecule has 1 aromatic rings. The van der Waals surface area contributed by atoms with Gasteiger partial charge < -0.3 is 10.0 Å². The van der Waals surface area contributed by atoms with Gasteiger partial charge in [-0.2, -0.15) is 0 Å². The smallest absolute Gasteiger partial charge is 0.337 e. The van der Waals surface area contributed by atoms with Crippen LogP contribution in [0.4, 0.5) is 5.69 Å². The Morgan fingerprint density at radius 2 is 2.14 bits per heavy atom. The summed E-state index contributed by atoms with van der Waals surface area (Å²) in [7, 11) is 0. The normalized spacial score (nSPS) is 18.1. The Labute approximate surface area is 127 Å². The Bertz CT molecular complexity index is 599. The molecule has 1 aliphatic rings. The highest BCUT2D eigenvalue weighted by atomic mass is 32.2. The zero-order valence-corrected chi connectivity index (χ0v) is 12.8. The number of carboxylic acids is 1. The quantitative estimate of drug-likeness (QED) is 0.924. The number of anilines is 1. The van der Waals surface area contributed by atoms with E-state index < -0.39 is 5.97 Å². The Morgan fingerprint density at radius 3 is 2.76 bits per heavy atom. The van der Waals surface area contributed by atoms with Crippen molar-refractivity contribution in [2.45, 2.75) is 20.3 Å². The van der Waals surface area contributed by atoms with E-state index >= 15 is 0 Å². The molecule has 0 saturated carbocycles. The number of rotatable bonds is 4. The minimum atomic E-state index is -1.04. The molecule has 1 saturated heterocycles. The first-order valence-corrected chi connectivity index (χ1v) is 7.64. The fourth-order valence-corrected chi connectivity index (χ4v) is 3.11. The maximum absolute atomic E-state index is 12.1. The molecule has 1 aliphatic heterocycles. The van der Waals surface area contributed by atoms with E-state index in [2.05, 4.69) is 0 Å². The van der Waals surface area contributed by atoms with Gasteiger partial charge in [0.05, 0.1) is 11.3 Å². The van der Waals surface area contributed by atoms with Crippen molar-refractivity contribution < 1.29 is 19.5 Å². The van der Waals surface area contributed by atoms with Crippen molar-refractivity contribution in [3.05, 3.63) is 29.3 Å². The average Bonchev–Trinajstić information content (AvgIpc) is 2.77. The molecular weight excluding hydrogens is 290 g/mol. The van der Waals surface area contributed by atoms with Crippen molar-refractivity contribution in [1.29, 1.82) is 0 Å². The monoisotopic (exact) mass is 307 g/mol. The van der Waals surface area contributed by atoms with E-state index in [9.17, 15) is 19.5 Å². The Kier molecular flexibility index (Phi) is 4.67. The molecule has 1 unspecified atom stereocenters. The Hall–Kier alpha value is -1.82. The molecule has 1 aromatic carbocycles. The van der Waals surface area contributed by atoms with E-state index in [0.717, 1.165) is 5.56 Å². The second kappa shape index (κ2) is 6.30. The number of nitrogens with zero attached hydrogens (tertiary/aromatic N) is 1. The van der Waals surface area contributed by atoms with Crippen molar-refractivity contribution in [2.75, 3.05) is 17.2 Å². The predicted octanol–water partition coefficient (Wildman–Crippen LogP) is 2.33. The number of amides is 1. The molecule has 1 amide bonds. The second-order valence-corrected chi connectivity index (χ2v) is 6.40. The summed E-state index contributed by atoms with van der Waals surface area (Å²) in [4.78, 5) is 36.0. The molecule has 0 aromatic heterocycles. The summed E-state index contributed by atoms with van der Waals surface area (Å²) in [5.41, 5.74) is 1.42. The molecule has 1 N–H and O–H groups in total. The minimum Gasteiger partial charge on any atom is -0.478 e. The maximum atomic E-state index is 12.1. The van der Waals surface area contributed by atoms with Gasteiger partial charge in [0.1, 0.15) is 0 Å². The number of aromatic carboxylic acids is 1. The molecule has 1 atom stereocenters. The van der Waals surface area contributed by atoms with Gasteiger partial charge in [-0.3, -0.25) is 9.59 Å². The van der Waals surface area contributed by atoms with Crippen molar-refractivity contribution >= 4 is 34.4 Å². The van der Waals surface area contributed by atoms with Crippen molar-refractivity contribution in [2.24, 2.45) is 5.92 Å². The van der Waals surface area contributed by atoms with Crippen LogP contribution in [-0.2, 0) is 9.59 Å². The first-order valence-electron chi connectivity index (χ1n) is 6.66. The fraction of sp³-hybridized carbons (Fsp3) is 0.400. The average molecular weight is 307 g/mol. The molecule has 5 nitrogen and oxygen atoms in total. The summed E-state index contributed by atoms with van der Waals surface area (Å²) in [5, 5.41) is 9.32. The summed E-state index contributed by atoms with van der Waals surface area (Å²) in [6.45, 7) is 3.78. The number of thioether (sulfide) groups is 1. The maximum Gasteiger partial charge on any atom is 0.337 e. The van der Waals surface area contributed by atoms with Gasteiger partial charge in [-0.05, 0) is 25.0 Å². The molecule has 1 heterocycles. The molecule has 0 spiro atoms. The van der Waals surface area contributed by atoms with Crippen molar-refractivity contribution in [3.63, 3.8) is 0 Å². The van der Waals surface area contributed by atoms with Gasteiger partial charge in [0.15, 0.2) is 5.12 Å². The van der Waals surface area contributed by atoms with Crippen LogP contribution >= 0.6 is 11.8 Å². The van der Waals surface area contributed by atoms with Crippen LogP contribution < -0.4 is 4.90 Å². The standard InChI is InChI=1S/C15H17NO4S/c1-9-3-4-13(12(5-9)15(19)20)16-7-11(6-14(16)18)8-21-10(2)17/h3-5,11H,6-8H2,1-2H3,(H,19,20). The molecule has 0 bridgehead atoms. The van der Waals surface area contributed by atoms with Gasteiger partial charge in [0, 0.05) is 25.6 Å². The highest BCUT2D eigenvalue weighted by molar-refractivity contribution is 8.13. The topological polar surface area (TPSA) is 74.7 Å². The summed E-state index contributed by atoms with van der Waals surface area (Å²) < 4.78 is 0. The first-order chi connectivity index (χ1) is 9.88. The predicted molar refractivity (Wildman–Crippen MR) is 81.7 cm³/mol. The number of hydrogen-bond donors (Lipinski definition) is 1. The van der Waals surface area contributed by atoms with Crippen molar-refractivity contribution in [3.8, 4) is 0 Å². The summed E-state index contributed by atoms with van der Waals surface area (Å²) >= 11 is 1.21. The molecular formula is C15H17NO4S. The third-order valence-electron chi connectivity index (χ3n) is 3.40. The number of aryl methyl sites for hydroxylation is 1. The number of benzene rings is 1. The molecule has 2 rings (SSSR count). The number of hydrogen-bond acceptors (Lipinski definition) is 4. The van der Waals surface area contributed by atoms with E-state index in [0.29, 0.717) is 24.4 Å². The van der Waals surface area contributed by atoms with E-state index in [1.165, 1.54) is 23.6 Å². The summed E-state index contributed by atoms with van der Waals surface area (Å²) in [6.07, 6.45) is 0.354. The van der Waals surface area contributed by atoms with Gasteiger partial charge in [-0.15, -0.1) is 0 Å². The molecule has 0 radical (unpaired) electrons. The number of carbonyl (C=O) groups excluding carboxylic acids is 2. The van der Waals surface area contributed by atoms with Gasteiger partial charge in [0.25, 0.3) is 0 Å². The second-order valence-electron chi connectivity index (χ2n) is 5.20. The van der Waals surface area contributed by atoms with Crippen molar-refractivity contribution in [1.82, 2.24) is 0 Å². The van der Waals surface area contributed by atoms with Crippen LogP contribution in [0.15, 0.2) is 18.2 Å². The zero-order valence-electron chi connectivity index (χ0n) is 12.0. The Balaban J connectivity index is 2.21. The van der Waals surface area contributed by atoms with Crippen LogP contribution in [0.1, 0.15) is 29.3 Å². The molecule has 112 valence electrons. The lowest BCUT2D eigenvalue weighted by atomic mass is 10.1. The molecule has 1 fully saturated rings. The van der Waals surface area contributed by atoms with E-state index in [4.69, 9.17) is 0 Å². The van der Waals surface area contributed by atoms with Gasteiger partial charge in [-0.1, -0.05) is 23.4 Å². The van der Waals surface area contributed by atoms with Crippen LogP contribution in [0, 0.1) is 12.8 Å². The van der Waals surface area contributed by atoms with Crippen LogP contribution in [0.5, 0.6) is 0 Å². The minimum absolute atomic E-state index is 0.0301. The zero-order chi connectivity index (χ0) is 15.6. The largest absolute Gasteiger partial charge is 0.478 e. The lowest BCUT2D eigenvalue weighted by Gasteiger charge is -2.19. The number of carboxylic acid groups (broad SMARTS) is 1. The molecule has 21 heavy (non-hydrogen) atoms. The highest BCUT2D eigenvalue weighted by Gasteiger charge is 2.32. The Morgan fingerprint density at radius 1 is 1.43 bits per heavy atom. The molecule has 0 aliphatic carbocycles. The fourth-order valence-electron chi connectivity index (χ4n) is 2.42.